The first kappa shape index (κ1) is 29.1. The second kappa shape index (κ2) is 11.9. The van der Waals surface area contributed by atoms with Gasteiger partial charge < -0.3 is 13.9 Å². The maximum absolute atomic E-state index is 6.43. The van der Waals surface area contributed by atoms with Crippen LogP contribution in [-0.4, -0.2) is 4.57 Å². The molecule has 0 fully saturated rings. The highest BCUT2D eigenvalue weighted by Crippen LogP contribution is 2.45. The monoisotopic (exact) mass is 652 g/mol. The quantitative estimate of drug-likeness (QED) is 0.178. The van der Waals surface area contributed by atoms with Crippen molar-refractivity contribution in [3.8, 4) is 27.9 Å². The molecule has 3 nitrogen and oxygen atoms in total. The highest BCUT2D eigenvalue weighted by atomic mass is 16.3. The van der Waals surface area contributed by atoms with Crippen molar-refractivity contribution >= 4 is 60.8 Å². The second-order valence-electron chi connectivity index (χ2n) is 12.9. The molecule has 0 saturated carbocycles. The van der Waals surface area contributed by atoms with E-state index in [1.54, 1.807) is 0 Å². The Hall–Kier alpha value is -6.84. The van der Waals surface area contributed by atoms with Gasteiger partial charge in [-0.2, -0.15) is 0 Å². The van der Waals surface area contributed by atoms with Gasteiger partial charge >= 0.3 is 0 Å². The zero-order valence-electron chi connectivity index (χ0n) is 27.8. The van der Waals surface area contributed by atoms with Gasteiger partial charge in [-0.1, -0.05) is 133 Å². The van der Waals surface area contributed by atoms with Gasteiger partial charge in [-0.25, -0.2) is 0 Å². The highest BCUT2D eigenvalue weighted by molar-refractivity contribution is 6.10. The van der Waals surface area contributed by atoms with Crippen LogP contribution >= 0.6 is 0 Å². The molecule has 2 aromatic heterocycles. The number of furan rings is 1. The Morgan fingerprint density at radius 3 is 1.69 bits per heavy atom. The molecule has 240 valence electrons. The normalized spacial score (nSPS) is 11.5. The first-order valence-electron chi connectivity index (χ1n) is 17.4. The Bertz CT molecular complexity index is 2810. The summed E-state index contributed by atoms with van der Waals surface area (Å²) in [6.07, 6.45) is 0. The van der Waals surface area contributed by atoms with Crippen molar-refractivity contribution in [2.45, 2.75) is 0 Å². The molecule has 0 saturated heterocycles. The van der Waals surface area contributed by atoms with Crippen LogP contribution in [0.4, 0.5) is 17.1 Å². The Morgan fingerprint density at radius 2 is 0.922 bits per heavy atom. The fraction of sp³-hybridized carbons (Fsp3) is 0. The summed E-state index contributed by atoms with van der Waals surface area (Å²) in [4.78, 5) is 2.36. The number of fused-ring (bicyclic) bond motifs is 6. The van der Waals surface area contributed by atoms with Crippen LogP contribution in [0.15, 0.2) is 199 Å². The lowest BCUT2D eigenvalue weighted by Crippen LogP contribution is -2.11. The van der Waals surface area contributed by atoms with Gasteiger partial charge in [0.1, 0.15) is 11.2 Å². The molecule has 10 aromatic rings. The molecule has 0 spiro atoms. The van der Waals surface area contributed by atoms with Crippen LogP contribution in [0.2, 0.25) is 0 Å². The first-order chi connectivity index (χ1) is 25.3. The van der Waals surface area contributed by atoms with E-state index in [-0.39, 0.29) is 0 Å². The van der Waals surface area contributed by atoms with Crippen molar-refractivity contribution in [1.29, 1.82) is 0 Å². The third-order valence-electron chi connectivity index (χ3n) is 10.0. The largest absolute Gasteiger partial charge is 0.456 e. The number of benzene rings is 8. The van der Waals surface area contributed by atoms with Crippen molar-refractivity contribution in [2.75, 3.05) is 4.90 Å². The van der Waals surface area contributed by atoms with E-state index in [0.717, 1.165) is 55.8 Å². The summed E-state index contributed by atoms with van der Waals surface area (Å²) < 4.78 is 8.84. The van der Waals surface area contributed by atoms with Crippen molar-refractivity contribution in [1.82, 2.24) is 4.57 Å². The van der Waals surface area contributed by atoms with Crippen LogP contribution in [0, 0.1) is 0 Å². The molecule has 0 atom stereocenters. The Kier molecular flexibility index (Phi) is 6.81. The van der Waals surface area contributed by atoms with Crippen LogP contribution in [0.5, 0.6) is 0 Å². The molecule has 0 aliphatic rings. The zero-order chi connectivity index (χ0) is 33.7. The van der Waals surface area contributed by atoms with E-state index in [9.17, 15) is 0 Å². The molecule has 51 heavy (non-hydrogen) atoms. The van der Waals surface area contributed by atoms with Crippen LogP contribution in [-0.2, 0) is 0 Å². The molecule has 0 aliphatic carbocycles. The van der Waals surface area contributed by atoms with Crippen molar-refractivity contribution < 1.29 is 4.42 Å². The van der Waals surface area contributed by atoms with Crippen LogP contribution in [0.1, 0.15) is 0 Å². The zero-order valence-corrected chi connectivity index (χ0v) is 27.8. The summed E-state index contributed by atoms with van der Waals surface area (Å²) in [6.45, 7) is 0. The van der Waals surface area contributed by atoms with Crippen LogP contribution in [0.3, 0.4) is 0 Å². The standard InChI is InChI=1S/C48H32N2O/c1-2-14-33(15-3-1)34-26-28-35(29-27-34)49(36-30-31-42-41-20-8-13-25-47(41)51-48(42)32-36)43-21-9-4-16-37(43)38-17-5-10-22-44(38)50-45-23-11-6-18-39(45)40-19-7-12-24-46(40)50/h1-32H. The second-order valence-corrected chi connectivity index (χ2v) is 12.9. The highest BCUT2D eigenvalue weighted by Gasteiger charge is 2.22. The molecule has 10 rings (SSSR count). The third kappa shape index (κ3) is 4.82. The maximum atomic E-state index is 6.43. The van der Waals surface area contributed by atoms with E-state index < -0.39 is 0 Å². The molecule has 0 radical (unpaired) electrons. The Labute approximate surface area is 295 Å². The van der Waals surface area contributed by atoms with Gasteiger partial charge in [-0.3, -0.25) is 0 Å². The van der Waals surface area contributed by atoms with Gasteiger partial charge in [0.2, 0.25) is 0 Å². The minimum absolute atomic E-state index is 0.864. The predicted octanol–water partition coefficient (Wildman–Crippen LogP) is 13.5. The molecule has 2 heterocycles. The average Bonchev–Trinajstić information content (AvgIpc) is 3.74. The van der Waals surface area contributed by atoms with E-state index in [1.165, 1.54) is 32.9 Å². The topological polar surface area (TPSA) is 21.3 Å². The molecular formula is C48H32N2O. The van der Waals surface area contributed by atoms with Gasteiger partial charge in [0.25, 0.3) is 0 Å². The van der Waals surface area contributed by atoms with Crippen molar-refractivity contribution in [3.63, 3.8) is 0 Å². The van der Waals surface area contributed by atoms with Gasteiger partial charge in [-0.05, 0) is 65.7 Å². The third-order valence-corrected chi connectivity index (χ3v) is 10.0. The number of aromatic nitrogens is 1. The maximum Gasteiger partial charge on any atom is 0.137 e. The number of anilines is 3. The lowest BCUT2D eigenvalue weighted by Gasteiger charge is -2.28. The summed E-state index contributed by atoms with van der Waals surface area (Å²) in [6, 6.07) is 69.2. The van der Waals surface area contributed by atoms with Gasteiger partial charge in [0, 0.05) is 50.1 Å². The summed E-state index contributed by atoms with van der Waals surface area (Å²) in [5, 5.41) is 4.72. The van der Waals surface area contributed by atoms with Crippen LogP contribution in [0.25, 0.3) is 71.7 Å². The number of hydrogen-bond donors (Lipinski definition) is 0. The molecule has 0 amide bonds. The molecule has 0 bridgehead atoms. The van der Waals surface area contributed by atoms with E-state index in [1.807, 2.05) is 12.1 Å². The lowest BCUT2D eigenvalue weighted by molar-refractivity contribution is 0.669. The molecular weight excluding hydrogens is 621 g/mol. The number of hydrogen-bond acceptors (Lipinski definition) is 2. The summed E-state index contributed by atoms with van der Waals surface area (Å²) in [7, 11) is 0. The Morgan fingerprint density at radius 1 is 0.373 bits per heavy atom. The average molecular weight is 653 g/mol. The van der Waals surface area contributed by atoms with Gasteiger partial charge in [0.05, 0.1) is 22.4 Å². The van der Waals surface area contributed by atoms with E-state index >= 15 is 0 Å². The molecule has 0 unspecified atom stereocenters. The van der Waals surface area contributed by atoms with E-state index in [2.05, 4.69) is 191 Å². The first-order valence-corrected chi connectivity index (χ1v) is 17.4. The molecule has 8 aromatic carbocycles. The molecule has 0 aliphatic heterocycles. The molecule has 0 N–H and O–H groups in total. The minimum atomic E-state index is 0.864. The summed E-state index contributed by atoms with van der Waals surface area (Å²) >= 11 is 0. The fourth-order valence-corrected chi connectivity index (χ4v) is 7.69. The smallest absolute Gasteiger partial charge is 0.137 e. The molecule has 3 heteroatoms. The number of nitrogens with zero attached hydrogens (tertiary/aromatic N) is 2. The van der Waals surface area contributed by atoms with Crippen LogP contribution < -0.4 is 4.90 Å². The minimum Gasteiger partial charge on any atom is -0.456 e. The predicted molar refractivity (Wildman–Crippen MR) is 214 cm³/mol. The van der Waals surface area contributed by atoms with Crippen molar-refractivity contribution in [3.05, 3.63) is 194 Å². The lowest BCUT2D eigenvalue weighted by atomic mass is 9.99. The van der Waals surface area contributed by atoms with Gasteiger partial charge in [-0.15, -0.1) is 0 Å². The van der Waals surface area contributed by atoms with E-state index in [0.29, 0.717) is 0 Å². The van der Waals surface area contributed by atoms with E-state index in [4.69, 9.17) is 4.42 Å². The Balaban J connectivity index is 1.20. The SMILES string of the molecule is c1ccc(-c2ccc(N(c3ccc4c(c3)oc3ccccc34)c3ccccc3-c3ccccc3-n3c4ccccc4c4ccccc43)cc2)cc1. The summed E-state index contributed by atoms with van der Waals surface area (Å²) in [5.74, 6) is 0. The number of para-hydroxylation sites is 5. The summed E-state index contributed by atoms with van der Waals surface area (Å²) in [5.41, 5.74) is 13.1. The fourth-order valence-electron chi connectivity index (χ4n) is 7.69. The van der Waals surface area contributed by atoms with Gasteiger partial charge in [0.15, 0.2) is 0 Å². The van der Waals surface area contributed by atoms with Crippen molar-refractivity contribution in [2.24, 2.45) is 0 Å². The number of rotatable bonds is 6.